The third kappa shape index (κ3) is 4.51. The van der Waals surface area contributed by atoms with Crippen molar-refractivity contribution in [1.82, 2.24) is 9.88 Å². The van der Waals surface area contributed by atoms with Crippen LogP contribution in [-0.2, 0) is 22.6 Å². The molecule has 0 bridgehead atoms. The van der Waals surface area contributed by atoms with Crippen LogP contribution in [0.3, 0.4) is 0 Å². The molecule has 1 aliphatic heterocycles. The average Bonchev–Trinajstić information content (AvgIpc) is 3.07. The van der Waals surface area contributed by atoms with Gasteiger partial charge in [0.15, 0.2) is 0 Å². The van der Waals surface area contributed by atoms with Gasteiger partial charge in [0.2, 0.25) is 11.8 Å². The lowest BCUT2D eigenvalue weighted by Crippen LogP contribution is -2.37. The molecule has 1 aromatic carbocycles. The molecule has 0 fully saturated rings. The van der Waals surface area contributed by atoms with Gasteiger partial charge < -0.3 is 20.4 Å². The van der Waals surface area contributed by atoms with Crippen LogP contribution >= 0.6 is 0 Å². The van der Waals surface area contributed by atoms with E-state index in [0.29, 0.717) is 18.8 Å². The molecule has 31 heavy (non-hydrogen) atoms. The van der Waals surface area contributed by atoms with Crippen LogP contribution in [0.15, 0.2) is 47.0 Å². The van der Waals surface area contributed by atoms with Gasteiger partial charge in [-0.1, -0.05) is 18.2 Å². The van der Waals surface area contributed by atoms with Crippen molar-refractivity contribution in [2.45, 2.75) is 38.8 Å². The zero-order valence-electron chi connectivity index (χ0n) is 17.7. The fraction of sp³-hybridized carbons (Fsp3) is 0.292. The van der Waals surface area contributed by atoms with E-state index in [1.54, 1.807) is 24.2 Å². The number of rotatable bonds is 4. The highest BCUT2D eigenvalue weighted by molar-refractivity contribution is 5.95. The molecular formula is C24H26N4O3. The Labute approximate surface area is 180 Å². The van der Waals surface area contributed by atoms with Crippen LogP contribution in [0.5, 0.6) is 0 Å². The number of amides is 2. The summed E-state index contributed by atoms with van der Waals surface area (Å²) in [6, 6.07) is 9.30. The molecule has 0 aliphatic carbocycles. The Morgan fingerprint density at radius 2 is 2.19 bits per heavy atom. The van der Waals surface area contributed by atoms with Crippen molar-refractivity contribution in [2.75, 3.05) is 12.4 Å². The number of hydrogen-bond donors (Lipinski definition) is 2. The quantitative estimate of drug-likeness (QED) is 0.632. The summed E-state index contributed by atoms with van der Waals surface area (Å²) in [5.74, 6) is 0.976. The van der Waals surface area contributed by atoms with E-state index in [1.807, 2.05) is 37.3 Å². The van der Waals surface area contributed by atoms with Crippen molar-refractivity contribution < 1.29 is 14.0 Å². The number of nitrogens with zero attached hydrogens (tertiary/aromatic N) is 2. The number of carbonyl (C=O) groups is 2. The molecule has 3 aromatic rings. The molecule has 3 heterocycles. The van der Waals surface area contributed by atoms with Gasteiger partial charge in [0.05, 0.1) is 12.6 Å². The summed E-state index contributed by atoms with van der Waals surface area (Å²) in [6.07, 6.45) is 7.13. The standard InChI is InChI=1S/C24H26N4O3/c1-15-18-7-3-4-9-20(18)31-21(15)14-28(2)22(29)11-10-16-12-17-6-5-8-19(25)24(30)27-23(17)26-13-16/h3-4,7,9-13,19H,5-6,8,14,25H2,1-2H3,(H,26,27,30)/b11-10+. The van der Waals surface area contributed by atoms with Gasteiger partial charge in [0, 0.05) is 30.3 Å². The number of hydrogen-bond acceptors (Lipinski definition) is 5. The number of carbonyl (C=O) groups excluding carboxylic acids is 2. The molecule has 1 unspecified atom stereocenters. The number of para-hydroxylation sites is 1. The van der Waals surface area contributed by atoms with E-state index < -0.39 is 6.04 Å². The molecule has 7 heteroatoms. The summed E-state index contributed by atoms with van der Waals surface area (Å²) in [6.45, 7) is 2.39. The number of benzene rings is 1. The summed E-state index contributed by atoms with van der Waals surface area (Å²) in [4.78, 5) is 30.6. The lowest BCUT2D eigenvalue weighted by molar-refractivity contribution is -0.125. The maximum absolute atomic E-state index is 12.6. The summed E-state index contributed by atoms with van der Waals surface area (Å²) in [5.41, 5.74) is 9.45. The van der Waals surface area contributed by atoms with Gasteiger partial charge in [-0.3, -0.25) is 9.59 Å². The predicted molar refractivity (Wildman–Crippen MR) is 120 cm³/mol. The maximum atomic E-state index is 12.6. The molecule has 4 rings (SSSR count). The fourth-order valence-corrected chi connectivity index (χ4v) is 3.74. The van der Waals surface area contributed by atoms with E-state index in [1.165, 1.54) is 6.08 Å². The largest absolute Gasteiger partial charge is 0.459 e. The number of aryl methyl sites for hydroxylation is 2. The van der Waals surface area contributed by atoms with Crippen LogP contribution < -0.4 is 11.1 Å². The van der Waals surface area contributed by atoms with E-state index >= 15 is 0 Å². The number of aromatic nitrogens is 1. The van der Waals surface area contributed by atoms with Crippen molar-refractivity contribution in [1.29, 1.82) is 0 Å². The number of fused-ring (bicyclic) bond motifs is 2. The molecule has 160 valence electrons. The van der Waals surface area contributed by atoms with E-state index in [-0.39, 0.29) is 11.8 Å². The van der Waals surface area contributed by atoms with Gasteiger partial charge in [0.1, 0.15) is 17.2 Å². The minimum Gasteiger partial charge on any atom is -0.459 e. The Bertz CT molecular complexity index is 1160. The lowest BCUT2D eigenvalue weighted by atomic mass is 10.0. The van der Waals surface area contributed by atoms with Crippen LogP contribution in [0.4, 0.5) is 5.82 Å². The Kier molecular flexibility index (Phi) is 5.86. The van der Waals surface area contributed by atoms with Crippen LogP contribution in [0, 0.1) is 6.92 Å². The van der Waals surface area contributed by atoms with Gasteiger partial charge in [-0.2, -0.15) is 0 Å². The Morgan fingerprint density at radius 3 is 3.00 bits per heavy atom. The first-order valence-electron chi connectivity index (χ1n) is 10.4. The number of nitrogens with one attached hydrogen (secondary N) is 1. The summed E-state index contributed by atoms with van der Waals surface area (Å²) in [7, 11) is 1.75. The van der Waals surface area contributed by atoms with E-state index in [4.69, 9.17) is 10.2 Å². The van der Waals surface area contributed by atoms with Crippen LogP contribution in [0.2, 0.25) is 0 Å². The maximum Gasteiger partial charge on any atom is 0.246 e. The minimum absolute atomic E-state index is 0.133. The summed E-state index contributed by atoms with van der Waals surface area (Å²) < 4.78 is 5.91. The Balaban J connectivity index is 1.45. The SMILES string of the molecule is Cc1c(CN(C)C(=O)/C=C/c2cnc3c(c2)CCCC(N)C(=O)N3)oc2ccccc12. The molecule has 0 saturated carbocycles. The van der Waals surface area contributed by atoms with Gasteiger partial charge in [-0.05, 0) is 55.5 Å². The second-order valence-electron chi connectivity index (χ2n) is 7.94. The molecule has 7 nitrogen and oxygen atoms in total. The zero-order valence-corrected chi connectivity index (χ0v) is 17.7. The Hall–Kier alpha value is -3.45. The van der Waals surface area contributed by atoms with Crippen molar-refractivity contribution >= 4 is 34.7 Å². The van der Waals surface area contributed by atoms with E-state index in [0.717, 1.165) is 46.3 Å². The topological polar surface area (TPSA) is 101 Å². The fourth-order valence-electron chi connectivity index (χ4n) is 3.74. The normalized spacial score (nSPS) is 16.6. The molecule has 1 aliphatic rings. The lowest BCUT2D eigenvalue weighted by Gasteiger charge is -2.18. The van der Waals surface area contributed by atoms with Crippen LogP contribution in [0.1, 0.15) is 35.3 Å². The highest BCUT2D eigenvalue weighted by Crippen LogP contribution is 2.26. The molecular weight excluding hydrogens is 392 g/mol. The summed E-state index contributed by atoms with van der Waals surface area (Å²) >= 11 is 0. The molecule has 0 saturated heterocycles. The van der Waals surface area contributed by atoms with E-state index in [9.17, 15) is 9.59 Å². The molecule has 0 spiro atoms. The van der Waals surface area contributed by atoms with Crippen molar-refractivity contribution in [2.24, 2.45) is 5.73 Å². The Morgan fingerprint density at radius 1 is 1.39 bits per heavy atom. The number of pyridine rings is 1. The monoisotopic (exact) mass is 418 g/mol. The second-order valence-corrected chi connectivity index (χ2v) is 7.94. The molecule has 0 radical (unpaired) electrons. The molecule has 2 aromatic heterocycles. The van der Waals surface area contributed by atoms with Crippen LogP contribution in [-0.4, -0.2) is 34.8 Å². The zero-order chi connectivity index (χ0) is 22.0. The van der Waals surface area contributed by atoms with Gasteiger partial charge in [-0.25, -0.2) is 4.98 Å². The third-order valence-electron chi connectivity index (χ3n) is 5.65. The number of likely N-dealkylation sites (N-methyl/N-ethyl adjacent to an activating group) is 1. The first kappa shape index (κ1) is 20.8. The van der Waals surface area contributed by atoms with Gasteiger partial charge >= 0.3 is 0 Å². The van der Waals surface area contributed by atoms with Crippen LogP contribution in [0.25, 0.3) is 17.0 Å². The summed E-state index contributed by atoms with van der Waals surface area (Å²) in [5, 5.41) is 3.84. The first-order valence-corrected chi connectivity index (χ1v) is 10.4. The predicted octanol–water partition coefficient (Wildman–Crippen LogP) is 3.41. The average molecular weight is 418 g/mol. The highest BCUT2D eigenvalue weighted by Gasteiger charge is 2.19. The number of nitrogens with two attached hydrogens (primary N) is 1. The number of anilines is 1. The molecule has 3 N–H and O–H groups in total. The van der Waals surface area contributed by atoms with Gasteiger partial charge in [0.25, 0.3) is 0 Å². The van der Waals surface area contributed by atoms with Crippen molar-refractivity contribution in [3.8, 4) is 0 Å². The first-order chi connectivity index (χ1) is 14.9. The second kappa shape index (κ2) is 8.73. The van der Waals surface area contributed by atoms with Crippen molar-refractivity contribution in [3.63, 3.8) is 0 Å². The molecule has 1 atom stereocenters. The highest BCUT2D eigenvalue weighted by atomic mass is 16.3. The third-order valence-corrected chi connectivity index (χ3v) is 5.65. The molecule has 2 amide bonds. The minimum atomic E-state index is -0.502. The van der Waals surface area contributed by atoms with E-state index in [2.05, 4.69) is 10.3 Å². The number of furan rings is 1. The smallest absolute Gasteiger partial charge is 0.246 e. The van der Waals surface area contributed by atoms with Gasteiger partial charge in [-0.15, -0.1) is 0 Å². The van der Waals surface area contributed by atoms with Crippen molar-refractivity contribution in [3.05, 3.63) is 65.1 Å².